The maximum atomic E-state index is 10.7. The quantitative estimate of drug-likeness (QED) is 0.513. The highest BCUT2D eigenvalue weighted by Gasteiger charge is 2.37. The number of pyridine rings is 1. The molecule has 7 heteroatoms. The fourth-order valence-corrected chi connectivity index (χ4v) is 2.33. The molecule has 0 aliphatic rings. The minimum atomic E-state index is -1.96. The summed E-state index contributed by atoms with van der Waals surface area (Å²) in [6.45, 7) is 10.6. The second-order valence-corrected chi connectivity index (χ2v) is 11.1. The molecule has 20 heavy (non-hydrogen) atoms. The van der Waals surface area contributed by atoms with Crippen LogP contribution in [0.25, 0.3) is 0 Å². The van der Waals surface area contributed by atoms with E-state index in [9.17, 15) is 15.2 Å². The molecule has 0 radical (unpaired) electrons. The van der Waals surface area contributed by atoms with Gasteiger partial charge in [-0.3, -0.25) is 15.1 Å². The second kappa shape index (κ2) is 5.98. The second-order valence-electron chi connectivity index (χ2n) is 6.28. The predicted octanol–water partition coefficient (Wildman–Crippen LogP) is 3.05. The average molecular weight is 298 g/mol. The molecule has 1 atom stereocenters. The minimum Gasteiger partial charge on any atom is -0.414 e. The molecule has 1 aromatic heterocycles. The monoisotopic (exact) mass is 298 g/mol. The van der Waals surface area contributed by atoms with Gasteiger partial charge in [0.2, 0.25) is 0 Å². The Hall–Kier alpha value is -1.31. The Balaban J connectivity index is 2.75. The van der Waals surface area contributed by atoms with Crippen LogP contribution < -0.4 is 0 Å². The standard InChI is InChI=1S/C13H22N2O4Si/c1-13(2,3)20(4,5)19-9-12(16)11-8-10(15(17)18)6-7-14-11/h6-8,12,16H,9H2,1-5H3. The zero-order valence-electron chi connectivity index (χ0n) is 12.6. The van der Waals surface area contributed by atoms with Gasteiger partial charge in [0.25, 0.3) is 5.69 Å². The van der Waals surface area contributed by atoms with Crippen LogP contribution in [0.5, 0.6) is 0 Å². The van der Waals surface area contributed by atoms with Crippen molar-refractivity contribution in [3.63, 3.8) is 0 Å². The van der Waals surface area contributed by atoms with Crippen molar-refractivity contribution in [2.45, 2.75) is 45.0 Å². The van der Waals surface area contributed by atoms with E-state index in [1.807, 2.05) is 0 Å². The molecule has 0 saturated carbocycles. The topological polar surface area (TPSA) is 85.5 Å². The summed E-state index contributed by atoms with van der Waals surface area (Å²) in [6.07, 6.45) is 0.368. The summed E-state index contributed by atoms with van der Waals surface area (Å²) < 4.78 is 5.89. The lowest BCUT2D eigenvalue weighted by Gasteiger charge is -2.36. The van der Waals surface area contributed by atoms with Crippen LogP contribution in [0.2, 0.25) is 18.1 Å². The van der Waals surface area contributed by atoms with Crippen LogP contribution in [0.4, 0.5) is 5.69 Å². The number of rotatable bonds is 5. The van der Waals surface area contributed by atoms with Gasteiger partial charge in [-0.05, 0) is 18.1 Å². The van der Waals surface area contributed by atoms with Crippen LogP contribution in [-0.4, -0.2) is 29.9 Å². The SMILES string of the molecule is CC(C)(C)[Si](C)(C)OCC(O)c1cc([N+](=O)[O-])ccn1. The van der Waals surface area contributed by atoms with Gasteiger partial charge in [-0.15, -0.1) is 0 Å². The van der Waals surface area contributed by atoms with Crippen LogP contribution in [0.1, 0.15) is 32.6 Å². The third-order valence-electron chi connectivity index (χ3n) is 3.73. The normalized spacial score (nSPS) is 14.1. The van der Waals surface area contributed by atoms with E-state index in [0.29, 0.717) is 0 Å². The Kier molecular flexibility index (Phi) is 5.01. The largest absolute Gasteiger partial charge is 0.414 e. The Morgan fingerprint density at radius 3 is 2.60 bits per heavy atom. The zero-order valence-corrected chi connectivity index (χ0v) is 13.6. The van der Waals surface area contributed by atoms with Crippen molar-refractivity contribution in [3.8, 4) is 0 Å². The molecule has 0 fully saturated rings. The molecule has 0 amide bonds. The van der Waals surface area contributed by atoms with E-state index in [-0.39, 0.29) is 23.0 Å². The lowest BCUT2D eigenvalue weighted by atomic mass is 10.2. The van der Waals surface area contributed by atoms with Crippen molar-refractivity contribution in [2.24, 2.45) is 0 Å². The summed E-state index contributed by atoms with van der Waals surface area (Å²) in [6, 6.07) is 2.57. The molecule has 1 rings (SSSR count). The van der Waals surface area contributed by atoms with Crippen molar-refractivity contribution in [1.82, 2.24) is 4.98 Å². The molecular formula is C13H22N2O4Si. The van der Waals surface area contributed by atoms with Gasteiger partial charge in [-0.1, -0.05) is 20.8 Å². The molecule has 112 valence electrons. The van der Waals surface area contributed by atoms with E-state index in [2.05, 4.69) is 38.8 Å². The minimum absolute atomic E-state index is 0.0445. The molecule has 6 nitrogen and oxygen atoms in total. The van der Waals surface area contributed by atoms with E-state index < -0.39 is 19.3 Å². The van der Waals surface area contributed by atoms with Crippen molar-refractivity contribution >= 4 is 14.0 Å². The molecule has 0 saturated heterocycles. The van der Waals surface area contributed by atoms with Crippen LogP contribution in [-0.2, 0) is 4.43 Å². The van der Waals surface area contributed by atoms with E-state index in [4.69, 9.17) is 4.43 Å². The number of aromatic nitrogens is 1. The number of hydrogen-bond donors (Lipinski definition) is 1. The van der Waals surface area contributed by atoms with E-state index in [0.717, 1.165) is 0 Å². The van der Waals surface area contributed by atoms with E-state index in [1.165, 1.54) is 18.3 Å². The highest BCUT2D eigenvalue weighted by atomic mass is 28.4. The Labute approximate surface area is 120 Å². The summed E-state index contributed by atoms with van der Waals surface area (Å²) in [5, 5.41) is 20.8. The number of nitro groups is 1. The number of aliphatic hydroxyl groups excluding tert-OH is 1. The van der Waals surface area contributed by atoms with Crippen LogP contribution >= 0.6 is 0 Å². The molecule has 0 aliphatic carbocycles. The first-order chi connectivity index (χ1) is 9.04. The fourth-order valence-electron chi connectivity index (χ4n) is 1.32. The van der Waals surface area contributed by atoms with Crippen molar-refractivity contribution in [3.05, 3.63) is 34.1 Å². The van der Waals surface area contributed by atoms with Crippen LogP contribution in [0, 0.1) is 10.1 Å². The number of hydrogen-bond acceptors (Lipinski definition) is 5. The van der Waals surface area contributed by atoms with Gasteiger partial charge >= 0.3 is 0 Å². The van der Waals surface area contributed by atoms with Crippen LogP contribution in [0.3, 0.4) is 0 Å². The molecule has 1 heterocycles. The zero-order chi connectivity index (χ0) is 15.6. The maximum Gasteiger partial charge on any atom is 0.272 e. The first kappa shape index (κ1) is 16.7. The van der Waals surface area contributed by atoms with Gasteiger partial charge in [0, 0.05) is 18.3 Å². The highest BCUT2D eigenvalue weighted by Crippen LogP contribution is 2.37. The van der Waals surface area contributed by atoms with Gasteiger partial charge in [0.1, 0.15) is 6.10 Å². The predicted molar refractivity (Wildman–Crippen MR) is 79.0 cm³/mol. The smallest absolute Gasteiger partial charge is 0.272 e. The maximum absolute atomic E-state index is 10.7. The number of aliphatic hydroxyl groups is 1. The Morgan fingerprint density at radius 2 is 2.10 bits per heavy atom. The highest BCUT2D eigenvalue weighted by molar-refractivity contribution is 6.74. The molecule has 0 spiro atoms. The molecule has 1 aromatic rings. The van der Waals surface area contributed by atoms with Crippen molar-refractivity contribution in [2.75, 3.05) is 6.61 Å². The first-order valence-electron chi connectivity index (χ1n) is 6.47. The lowest BCUT2D eigenvalue weighted by Crippen LogP contribution is -2.41. The van der Waals surface area contributed by atoms with Gasteiger partial charge < -0.3 is 9.53 Å². The molecule has 0 aliphatic heterocycles. The molecule has 0 aromatic carbocycles. The summed E-state index contributed by atoms with van der Waals surface area (Å²) in [5.41, 5.74) is 0.180. The molecular weight excluding hydrogens is 276 g/mol. The Morgan fingerprint density at radius 1 is 1.50 bits per heavy atom. The molecule has 1 N–H and O–H groups in total. The van der Waals surface area contributed by atoms with Gasteiger partial charge in [-0.25, -0.2) is 0 Å². The van der Waals surface area contributed by atoms with Gasteiger partial charge in [0.05, 0.1) is 17.2 Å². The molecule has 1 unspecified atom stereocenters. The van der Waals surface area contributed by atoms with Crippen LogP contribution in [0.15, 0.2) is 18.3 Å². The Bertz CT molecular complexity index is 486. The van der Waals surface area contributed by atoms with Crippen molar-refractivity contribution in [1.29, 1.82) is 0 Å². The third kappa shape index (κ3) is 4.09. The third-order valence-corrected chi connectivity index (χ3v) is 8.23. The fraction of sp³-hybridized carbons (Fsp3) is 0.615. The summed E-state index contributed by atoms with van der Waals surface area (Å²) in [4.78, 5) is 14.2. The van der Waals surface area contributed by atoms with Crippen molar-refractivity contribution < 1.29 is 14.5 Å². The average Bonchev–Trinajstić information content (AvgIpc) is 2.34. The summed E-state index contributed by atoms with van der Waals surface area (Å²) in [5.74, 6) is 0. The van der Waals surface area contributed by atoms with Gasteiger partial charge in [0.15, 0.2) is 8.32 Å². The van der Waals surface area contributed by atoms with E-state index in [1.54, 1.807) is 0 Å². The van der Waals surface area contributed by atoms with Gasteiger partial charge in [-0.2, -0.15) is 0 Å². The summed E-state index contributed by atoms with van der Waals surface area (Å²) in [7, 11) is -1.96. The lowest BCUT2D eigenvalue weighted by molar-refractivity contribution is -0.385. The first-order valence-corrected chi connectivity index (χ1v) is 9.38. The van der Waals surface area contributed by atoms with E-state index >= 15 is 0 Å². The number of nitrogens with zero attached hydrogens (tertiary/aromatic N) is 2. The molecule has 0 bridgehead atoms. The summed E-state index contributed by atoms with van der Waals surface area (Å²) >= 11 is 0.